The number of nitrogens with zero attached hydrogens (tertiary/aromatic N) is 1. The highest BCUT2D eigenvalue weighted by Crippen LogP contribution is 2.26. The molecule has 0 bridgehead atoms. The third kappa shape index (κ3) is 5.07. The van der Waals surface area contributed by atoms with Gasteiger partial charge in [0.15, 0.2) is 0 Å². The zero-order valence-corrected chi connectivity index (χ0v) is 17.1. The molecular formula is C22H26N2O3S. The van der Waals surface area contributed by atoms with Crippen LogP contribution in [0.4, 0.5) is 5.69 Å². The van der Waals surface area contributed by atoms with E-state index in [0.717, 1.165) is 42.0 Å². The summed E-state index contributed by atoms with van der Waals surface area (Å²) in [6, 6.07) is 15.7. The number of methoxy groups -OCH3 is 1. The van der Waals surface area contributed by atoms with Gasteiger partial charge in [0, 0.05) is 18.8 Å². The van der Waals surface area contributed by atoms with Gasteiger partial charge in [0.05, 0.1) is 18.8 Å². The van der Waals surface area contributed by atoms with E-state index < -0.39 is 0 Å². The molecule has 2 amide bonds. The van der Waals surface area contributed by atoms with E-state index in [9.17, 15) is 9.59 Å². The maximum Gasteiger partial charge on any atom is 0.232 e. The van der Waals surface area contributed by atoms with Crippen LogP contribution in [-0.2, 0) is 9.59 Å². The van der Waals surface area contributed by atoms with Crippen LogP contribution in [0.15, 0.2) is 48.5 Å². The van der Waals surface area contributed by atoms with Crippen molar-refractivity contribution in [1.82, 2.24) is 4.90 Å². The third-order valence-corrected chi connectivity index (χ3v) is 5.50. The monoisotopic (exact) mass is 398 g/mol. The van der Waals surface area contributed by atoms with Gasteiger partial charge in [-0.2, -0.15) is 11.8 Å². The van der Waals surface area contributed by atoms with E-state index in [1.807, 2.05) is 59.7 Å². The molecule has 6 heteroatoms. The minimum absolute atomic E-state index is 0.0178. The minimum atomic E-state index is -0.155. The molecule has 0 aromatic heterocycles. The summed E-state index contributed by atoms with van der Waals surface area (Å²) < 4.78 is 5.27. The number of hydrogen-bond acceptors (Lipinski definition) is 4. The normalized spacial score (nSPS) is 16.5. The second-order valence-corrected chi connectivity index (χ2v) is 7.78. The molecular weight excluding hydrogens is 372 g/mol. The Morgan fingerprint density at radius 3 is 2.68 bits per heavy atom. The molecule has 0 radical (unpaired) electrons. The highest BCUT2D eigenvalue weighted by atomic mass is 32.2. The fraction of sp³-hybridized carbons (Fsp3) is 0.364. The number of piperidine rings is 1. The van der Waals surface area contributed by atoms with Gasteiger partial charge in [-0.3, -0.25) is 9.59 Å². The Bertz CT molecular complexity index is 823. The average molecular weight is 399 g/mol. The highest BCUT2D eigenvalue weighted by Gasteiger charge is 2.28. The molecule has 1 N–H and O–H groups in total. The molecule has 2 aromatic carbocycles. The van der Waals surface area contributed by atoms with Crippen molar-refractivity contribution in [3.63, 3.8) is 0 Å². The SMILES string of the molecule is COc1cccc(-c2ccc(NC(=O)C3CCCN(C(=O)CSC)C3)cc2)c1. The molecule has 1 unspecified atom stereocenters. The molecule has 28 heavy (non-hydrogen) atoms. The summed E-state index contributed by atoms with van der Waals surface area (Å²) in [4.78, 5) is 26.6. The first kappa shape index (κ1) is 20.3. The summed E-state index contributed by atoms with van der Waals surface area (Å²) in [5, 5.41) is 3.00. The lowest BCUT2D eigenvalue weighted by Gasteiger charge is -2.32. The van der Waals surface area contributed by atoms with Crippen molar-refractivity contribution in [2.45, 2.75) is 12.8 Å². The number of benzene rings is 2. The highest BCUT2D eigenvalue weighted by molar-refractivity contribution is 7.99. The van der Waals surface area contributed by atoms with Crippen molar-refractivity contribution in [3.05, 3.63) is 48.5 Å². The Balaban J connectivity index is 1.62. The molecule has 148 valence electrons. The first-order valence-electron chi connectivity index (χ1n) is 9.43. The second-order valence-electron chi connectivity index (χ2n) is 6.91. The summed E-state index contributed by atoms with van der Waals surface area (Å²) in [5.74, 6) is 1.23. The van der Waals surface area contributed by atoms with Gasteiger partial charge >= 0.3 is 0 Å². The zero-order chi connectivity index (χ0) is 19.9. The van der Waals surface area contributed by atoms with Gasteiger partial charge in [0.2, 0.25) is 11.8 Å². The molecule has 0 saturated carbocycles. The van der Waals surface area contributed by atoms with Crippen molar-refractivity contribution >= 4 is 29.3 Å². The Labute approximate surface area is 170 Å². The maximum absolute atomic E-state index is 12.7. The predicted molar refractivity (Wildman–Crippen MR) is 115 cm³/mol. The first-order valence-corrected chi connectivity index (χ1v) is 10.8. The van der Waals surface area contributed by atoms with Crippen molar-refractivity contribution in [2.24, 2.45) is 5.92 Å². The van der Waals surface area contributed by atoms with E-state index in [0.29, 0.717) is 12.3 Å². The van der Waals surface area contributed by atoms with Gasteiger partial charge in [0.1, 0.15) is 5.75 Å². The topological polar surface area (TPSA) is 58.6 Å². The van der Waals surface area contributed by atoms with E-state index in [1.54, 1.807) is 7.11 Å². The molecule has 5 nitrogen and oxygen atoms in total. The molecule has 1 saturated heterocycles. The number of ether oxygens (including phenoxy) is 1. The molecule has 1 fully saturated rings. The number of carbonyl (C=O) groups is 2. The van der Waals surface area contributed by atoms with E-state index in [2.05, 4.69) is 5.32 Å². The van der Waals surface area contributed by atoms with E-state index >= 15 is 0 Å². The van der Waals surface area contributed by atoms with Crippen LogP contribution in [0.3, 0.4) is 0 Å². The predicted octanol–water partition coefficient (Wildman–Crippen LogP) is 3.90. The maximum atomic E-state index is 12.7. The van der Waals surface area contributed by atoms with E-state index in [1.165, 1.54) is 11.8 Å². The van der Waals surface area contributed by atoms with Crippen LogP contribution in [0.5, 0.6) is 5.75 Å². The molecule has 0 spiro atoms. The lowest BCUT2D eigenvalue weighted by atomic mass is 9.97. The van der Waals surface area contributed by atoms with Crippen molar-refractivity contribution in [3.8, 4) is 16.9 Å². The lowest BCUT2D eigenvalue weighted by molar-refractivity contribution is -0.132. The van der Waals surface area contributed by atoms with Crippen molar-refractivity contribution < 1.29 is 14.3 Å². The van der Waals surface area contributed by atoms with Crippen LogP contribution in [0.25, 0.3) is 11.1 Å². The fourth-order valence-electron chi connectivity index (χ4n) is 3.43. The van der Waals surface area contributed by atoms with Gasteiger partial charge < -0.3 is 15.0 Å². The van der Waals surface area contributed by atoms with Crippen LogP contribution < -0.4 is 10.1 Å². The molecule has 3 rings (SSSR count). The van der Waals surface area contributed by atoms with Crippen LogP contribution in [0, 0.1) is 5.92 Å². The Kier molecular flexibility index (Phi) is 6.98. The summed E-state index contributed by atoms with van der Waals surface area (Å²) in [6.45, 7) is 1.26. The molecule has 1 heterocycles. The Morgan fingerprint density at radius 1 is 1.18 bits per heavy atom. The summed E-state index contributed by atoms with van der Waals surface area (Å²) in [7, 11) is 1.65. The standard InChI is InChI=1S/C22H26N2O3S/c1-27-20-7-3-5-17(13-20)16-8-10-19(11-9-16)23-22(26)18-6-4-12-24(14-18)21(25)15-28-2/h3,5,7-11,13,18H,4,6,12,14-15H2,1-2H3,(H,23,26). The minimum Gasteiger partial charge on any atom is -0.497 e. The lowest BCUT2D eigenvalue weighted by Crippen LogP contribution is -2.44. The quantitative estimate of drug-likeness (QED) is 0.802. The number of likely N-dealkylation sites (tertiary alicyclic amines) is 1. The van der Waals surface area contributed by atoms with Crippen LogP contribution in [-0.4, -0.2) is 48.9 Å². The summed E-state index contributed by atoms with van der Waals surface area (Å²) in [5.41, 5.74) is 2.89. The Hall–Kier alpha value is -2.47. The first-order chi connectivity index (χ1) is 13.6. The number of anilines is 1. The van der Waals surface area contributed by atoms with Crippen molar-refractivity contribution in [1.29, 1.82) is 0 Å². The zero-order valence-electron chi connectivity index (χ0n) is 16.3. The van der Waals surface area contributed by atoms with Crippen LogP contribution >= 0.6 is 11.8 Å². The number of rotatable bonds is 6. The second kappa shape index (κ2) is 9.64. The Morgan fingerprint density at radius 2 is 1.96 bits per heavy atom. The number of amides is 2. The van der Waals surface area contributed by atoms with Gasteiger partial charge in [-0.25, -0.2) is 0 Å². The van der Waals surface area contributed by atoms with Crippen LogP contribution in [0.2, 0.25) is 0 Å². The fourth-order valence-corrected chi connectivity index (χ4v) is 3.85. The number of nitrogens with one attached hydrogen (secondary N) is 1. The summed E-state index contributed by atoms with van der Waals surface area (Å²) in [6.07, 6.45) is 3.60. The number of thioether (sulfide) groups is 1. The van der Waals surface area contributed by atoms with E-state index in [4.69, 9.17) is 4.74 Å². The molecule has 1 aliphatic rings. The molecule has 1 aliphatic heterocycles. The van der Waals surface area contributed by atoms with Gasteiger partial charge in [-0.1, -0.05) is 24.3 Å². The average Bonchev–Trinajstić information content (AvgIpc) is 2.74. The van der Waals surface area contributed by atoms with Crippen molar-refractivity contribution in [2.75, 3.05) is 37.5 Å². The number of hydrogen-bond donors (Lipinski definition) is 1. The van der Waals surface area contributed by atoms with Gasteiger partial charge in [-0.05, 0) is 54.5 Å². The largest absolute Gasteiger partial charge is 0.497 e. The molecule has 0 aliphatic carbocycles. The summed E-state index contributed by atoms with van der Waals surface area (Å²) >= 11 is 1.52. The van der Waals surface area contributed by atoms with Crippen LogP contribution in [0.1, 0.15) is 12.8 Å². The molecule has 1 atom stereocenters. The smallest absolute Gasteiger partial charge is 0.232 e. The number of carbonyl (C=O) groups excluding carboxylic acids is 2. The van der Waals surface area contributed by atoms with Gasteiger partial charge in [-0.15, -0.1) is 0 Å². The van der Waals surface area contributed by atoms with E-state index in [-0.39, 0.29) is 17.7 Å². The van der Waals surface area contributed by atoms with Gasteiger partial charge in [0.25, 0.3) is 0 Å². The molecule has 2 aromatic rings. The third-order valence-electron chi connectivity index (χ3n) is 4.97.